The van der Waals surface area contributed by atoms with Gasteiger partial charge < -0.3 is 0 Å². The Hall–Kier alpha value is -1.42. The quantitative estimate of drug-likeness (QED) is 0.356. The van der Waals surface area contributed by atoms with Crippen LogP contribution in [0.5, 0.6) is 0 Å². The molecule has 4 heteroatoms. The maximum Gasteiger partial charge on any atom is 0.247 e. The molecular formula is C8H11N2O2+. The molecule has 0 aliphatic rings. The van der Waals surface area contributed by atoms with Gasteiger partial charge >= 0.3 is 0 Å². The van der Waals surface area contributed by atoms with Gasteiger partial charge in [0.2, 0.25) is 5.91 Å². The largest absolute Gasteiger partial charge is 0.289 e. The van der Waals surface area contributed by atoms with E-state index in [0.29, 0.717) is 0 Å². The molecule has 1 aromatic rings. The normalized spacial score (nSPS) is 9.50. The van der Waals surface area contributed by atoms with Crippen LogP contribution in [0.2, 0.25) is 0 Å². The number of carbonyl (C=O) groups excluding carboxylic acids is 1. The molecule has 12 heavy (non-hydrogen) atoms. The molecule has 0 aromatic carbocycles. The number of aromatic nitrogens is 1. The summed E-state index contributed by atoms with van der Waals surface area (Å²) in [5, 5.41) is 8.26. The van der Waals surface area contributed by atoms with E-state index in [4.69, 9.17) is 5.21 Å². The lowest BCUT2D eigenvalue weighted by Crippen LogP contribution is -2.28. The van der Waals surface area contributed by atoms with Gasteiger partial charge in [-0.2, -0.15) is 0 Å². The topological polar surface area (TPSA) is 53.2 Å². The average Bonchev–Trinajstić information content (AvgIpc) is 2.04. The van der Waals surface area contributed by atoms with Crippen molar-refractivity contribution in [3.63, 3.8) is 0 Å². The number of nitrogens with zero attached hydrogens (tertiary/aromatic N) is 1. The van der Waals surface area contributed by atoms with Gasteiger partial charge in [-0.1, -0.05) is 0 Å². The first-order chi connectivity index (χ1) is 5.72. The molecule has 2 N–H and O–H groups in total. The van der Waals surface area contributed by atoms with E-state index in [9.17, 15) is 4.79 Å². The van der Waals surface area contributed by atoms with E-state index in [1.807, 2.05) is 36.1 Å². The van der Waals surface area contributed by atoms with Crippen LogP contribution >= 0.6 is 0 Å². The molecule has 0 saturated carbocycles. The van der Waals surface area contributed by atoms with Crippen molar-refractivity contribution in [2.45, 2.75) is 6.42 Å². The second-order valence-corrected chi connectivity index (χ2v) is 2.59. The van der Waals surface area contributed by atoms with Crippen LogP contribution in [-0.4, -0.2) is 11.1 Å². The zero-order valence-corrected chi connectivity index (χ0v) is 6.82. The minimum absolute atomic E-state index is 0.200. The van der Waals surface area contributed by atoms with Crippen molar-refractivity contribution in [3.8, 4) is 0 Å². The van der Waals surface area contributed by atoms with Crippen molar-refractivity contribution < 1.29 is 14.6 Å². The Labute approximate surface area is 70.4 Å². The first-order valence-electron chi connectivity index (χ1n) is 3.59. The predicted molar refractivity (Wildman–Crippen MR) is 41.3 cm³/mol. The Balaban J connectivity index is 2.69. The number of aryl methyl sites for hydroxylation is 1. The van der Waals surface area contributed by atoms with Gasteiger partial charge in [0, 0.05) is 11.6 Å². The highest BCUT2D eigenvalue weighted by atomic mass is 16.5. The number of amides is 1. The third kappa shape index (κ3) is 2.32. The molecule has 0 aliphatic carbocycles. The molecule has 64 valence electrons. The summed E-state index contributed by atoms with van der Waals surface area (Å²) in [7, 11) is 1.88. The van der Waals surface area contributed by atoms with E-state index in [1.165, 1.54) is 0 Å². The number of carbonyl (C=O) groups is 1. The Morgan fingerprint density at radius 3 is 3.08 bits per heavy atom. The van der Waals surface area contributed by atoms with E-state index in [-0.39, 0.29) is 6.42 Å². The summed E-state index contributed by atoms with van der Waals surface area (Å²) in [4.78, 5) is 10.7. The monoisotopic (exact) mass is 167 g/mol. The summed E-state index contributed by atoms with van der Waals surface area (Å²) in [5.74, 6) is -0.402. The molecule has 0 unspecified atom stereocenters. The van der Waals surface area contributed by atoms with E-state index < -0.39 is 5.91 Å². The van der Waals surface area contributed by atoms with E-state index in [0.717, 1.165) is 5.56 Å². The van der Waals surface area contributed by atoms with Crippen molar-refractivity contribution >= 4 is 5.91 Å². The lowest BCUT2D eigenvalue weighted by Gasteiger charge is -1.96. The second kappa shape index (κ2) is 3.82. The SMILES string of the molecule is C[n+]1cccc(CC(=O)NO)c1. The van der Waals surface area contributed by atoms with Gasteiger partial charge in [-0.15, -0.1) is 0 Å². The Morgan fingerprint density at radius 1 is 1.75 bits per heavy atom. The van der Waals surface area contributed by atoms with Crippen LogP contribution in [0.15, 0.2) is 24.5 Å². The van der Waals surface area contributed by atoms with E-state index in [1.54, 1.807) is 5.48 Å². The maximum absolute atomic E-state index is 10.7. The zero-order valence-electron chi connectivity index (χ0n) is 6.82. The molecule has 0 spiro atoms. The van der Waals surface area contributed by atoms with Gasteiger partial charge in [0.25, 0.3) is 0 Å². The standard InChI is InChI=1S/C8H10N2O2/c1-10-4-2-3-7(6-10)5-8(11)9-12/h2-4,6H,5H2,1H3,(H-,9,11,12)/p+1. The molecule has 0 saturated heterocycles. The Morgan fingerprint density at radius 2 is 2.50 bits per heavy atom. The molecule has 0 atom stereocenters. The third-order valence-corrected chi connectivity index (χ3v) is 1.49. The lowest BCUT2D eigenvalue weighted by atomic mass is 10.2. The van der Waals surface area contributed by atoms with Crippen LogP contribution < -0.4 is 10.0 Å². The minimum Gasteiger partial charge on any atom is -0.289 e. The van der Waals surface area contributed by atoms with Gasteiger partial charge in [0.05, 0.1) is 6.42 Å². The molecule has 0 radical (unpaired) electrons. The van der Waals surface area contributed by atoms with E-state index >= 15 is 0 Å². The number of hydroxylamine groups is 1. The van der Waals surface area contributed by atoms with Crippen molar-refractivity contribution in [3.05, 3.63) is 30.1 Å². The fraction of sp³-hybridized carbons (Fsp3) is 0.250. The van der Waals surface area contributed by atoms with Crippen molar-refractivity contribution in [2.24, 2.45) is 7.05 Å². The molecule has 0 bridgehead atoms. The predicted octanol–water partition coefficient (Wildman–Crippen LogP) is -0.441. The number of pyridine rings is 1. The molecule has 1 rings (SSSR count). The summed E-state index contributed by atoms with van der Waals surface area (Å²) in [6, 6.07) is 3.68. The highest BCUT2D eigenvalue weighted by Gasteiger charge is 2.03. The smallest absolute Gasteiger partial charge is 0.247 e. The number of hydrogen-bond donors (Lipinski definition) is 2. The van der Waals surface area contributed by atoms with Gasteiger partial charge in [-0.25, -0.2) is 10.0 Å². The van der Waals surface area contributed by atoms with Gasteiger partial charge in [0.15, 0.2) is 12.4 Å². The molecule has 1 amide bonds. The summed E-state index contributed by atoms with van der Waals surface area (Å²) in [6.45, 7) is 0. The average molecular weight is 167 g/mol. The molecule has 0 aliphatic heterocycles. The fourth-order valence-electron chi connectivity index (χ4n) is 0.980. The highest BCUT2D eigenvalue weighted by molar-refractivity contribution is 5.77. The lowest BCUT2D eigenvalue weighted by molar-refractivity contribution is -0.671. The number of hydrogen-bond acceptors (Lipinski definition) is 2. The van der Waals surface area contributed by atoms with Gasteiger partial charge in [0.1, 0.15) is 7.05 Å². The van der Waals surface area contributed by atoms with Gasteiger partial charge in [-0.05, 0) is 6.07 Å². The summed E-state index contributed by atoms with van der Waals surface area (Å²) in [5.41, 5.74) is 2.45. The first-order valence-corrected chi connectivity index (χ1v) is 3.59. The molecular weight excluding hydrogens is 156 g/mol. The van der Waals surface area contributed by atoms with Crippen LogP contribution in [0.3, 0.4) is 0 Å². The van der Waals surface area contributed by atoms with Crippen LogP contribution in [0.4, 0.5) is 0 Å². The van der Waals surface area contributed by atoms with Gasteiger partial charge in [-0.3, -0.25) is 10.0 Å². The molecule has 1 heterocycles. The molecule has 1 aromatic heterocycles. The number of nitrogens with one attached hydrogen (secondary N) is 1. The van der Waals surface area contributed by atoms with Crippen LogP contribution in [0, 0.1) is 0 Å². The second-order valence-electron chi connectivity index (χ2n) is 2.59. The van der Waals surface area contributed by atoms with Crippen molar-refractivity contribution in [2.75, 3.05) is 0 Å². The Kier molecular flexibility index (Phi) is 2.76. The Bertz CT molecular complexity index is 286. The minimum atomic E-state index is -0.402. The maximum atomic E-state index is 10.7. The third-order valence-electron chi connectivity index (χ3n) is 1.49. The molecule has 4 nitrogen and oxygen atoms in total. The first kappa shape index (κ1) is 8.67. The summed E-state index contributed by atoms with van der Waals surface area (Å²) < 4.78 is 1.85. The van der Waals surface area contributed by atoms with Crippen molar-refractivity contribution in [1.29, 1.82) is 0 Å². The summed E-state index contributed by atoms with van der Waals surface area (Å²) in [6.07, 6.45) is 3.90. The highest BCUT2D eigenvalue weighted by Crippen LogP contribution is 1.94. The van der Waals surface area contributed by atoms with Crippen LogP contribution in [0.1, 0.15) is 5.56 Å². The zero-order chi connectivity index (χ0) is 8.97. The fourth-order valence-corrected chi connectivity index (χ4v) is 0.980. The van der Waals surface area contributed by atoms with Crippen LogP contribution in [0.25, 0.3) is 0 Å². The van der Waals surface area contributed by atoms with Crippen molar-refractivity contribution in [1.82, 2.24) is 5.48 Å². The van der Waals surface area contributed by atoms with E-state index in [2.05, 4.69) is 0 Å². The molecule has 0 fully saturated rings. The number of rotatable bonds is 2. The summed E-state index contributed by atoms with van der Waals surface area (Å²) >= 11 is 0. The van der Waals surface area contributed by atoms with Crippen LogP contribution in [-0.2, 0) is 18.3 Å².